The van der Waals surface area contributed by atoms with Crippen LogP contribution in [0.2, 0.25) is 0 Å². The monoisotopic (exact) mass is 503 g/mol. The van der Waals surface area contributed by atoms with Crippen molar-refractivity contribution in [3.05, 3.63) is 29.8 Å². The summed E-state index contributed by atoms with van der Waals surface area (Å²) in [6.07, 6.45) is 0.780. The van der Waals surface area contributed by atoms with Crippen LogP contribution in [-0.2, 0) is 4.74 Å². The lowest BCUT2D eigenvalue weighted by atomic mass is 9.57. The van der Waals surface area contributed by atoms with Crippen LogP contribution in [0.5, 0.6) is 5.75 Å². The maximum atomic E-state index is 10.2. The van der Waals surface area contributed by atoms with Gasteiger partial charge in [-0.25, -0.2) is 0 Å². The van der Waals surface area contributed by atoms with E-state index in [1.807, 2.05) is 38.1 Å². The van der Waals surface area contributed by atoms with E-state index in [0.717, 1.165) is 36.8 Å². The van der Waals surface area contributed by atoms with Crippen LogP contribution in [0.3, 0.4) is 0 Å². The lowest BCUT2D eigenvalue weighted by Gasteiger charge is -2.54. The Morgan fingerprint density at radius 1 is 1.43 bits per heavy atom. The standard InChI is InChI=1S/C21H33N3O3.HI/c1-5-22-20(24-18-17-9-10-26-19(17)21(18,3)4)23-12-15(25)13-27-16-8-6-7-14(2)11-16;/h6-8,11,15,17-19,25H,5,9-10,12-13H2,1-4H3,(H2,22,23,24);1H. The van der Waals surface area contributed by atoms with Crippen LogP contribution >= 0.6 is 24.0 Å². The van der Waals surface area contributed by atoms with Crippen LogP contribution < -0.4 is 15.4 Å². The van der Waals surface area contributed by atoms with Gasteiger partial charge in [0.25, 0.3) is 0 Å². The Labute approximate surface area is 185 Å². The van der Waals surface area contributed by atoms with E-state index in [0.29, 0.717) is 24.6 Å². The molecule has 0 aromatic heterocycles. The number of ether oxygens (including phenoxy) is 2. The second kappa shape index (κ2) is 10.1. The number of benzene rings is 1. The lowest BCUT2D eigenvalue weighted by Crippen LogP contribution is -2.68. The number of rotatable bonds is 7. The van der Waals surface area contributed by atoms with Gasteiger partial charge in [-0.2, -0.15) is 0 Å². The van der Waals surface area contributed by atoms with Crippen molar-refractivity contribution >= 4 is 29.9 Å². The fraction of sp³-hybridized carbons (Fsp3) is 0.667. The molecule has 28 heavy (non-hydrogen) atoms. The Morgan fingerprint density at radius 2 is 2.21 bits per heavy atom. The molecule has 2 aliphatic rings. The number of halogens is 1. The van der Waals surface area contributed by atoms with Gasteiger partial charge in [-0.15, -0.1) is 24.0 Å². The van der Waals surface area contributed by atoms with Crippen molar-refractivity contribution in [2.45, 2.75) is 52.4 Å². The van der Waals surface area contributed by atoms with Crippen LogP contribution in [0, 0.1) is 18.3 Å². The molecule has 3 N–H and O–H groups in total. The summed E-state index contributed by atoms with van der Waals surface area (Å²) in [5.41, 5.74) is 1.22. The summed E-state index contributed by atoms with van der Waals surface area (Å²) >= 11 is 0. The highest BCUT2D eigenvalue weighted by atomic mass is 127. The highest BCUT2D eigenvalue weighted by Gasteiger charge is 2.59. The van der Waals surface area contributed by atoms with E-state index in [2.05, 4.69) is 29.5 Å². The highest BCUT2D eigenvalue weighted by molar-refractivity contribution is 14.0. The molecule has 1 saturated heterocycles. The second-order valence-corrected chi connectivity index (χ2v) is 8.19. The van der Waals surface area contributed by atoms with Crippen LogP contribution in [0.4, 0.5) is 0 Å². The average Bonchev–Trinajstić information content (AvgIpc) is 3.09. The number of aryl methyl sites for hydroxylation is 1. The normalized spacial score (nSPS) is 26.5. The largest absolute Gasteiger partial charge is 0.491 e. The molecule has 4 atom stereocenters. The Morgan fingerprint density at radius 3 is 2.93 bits per heavy atom. The number of aliphatic hydroxyl groups excluding tert-OH is 1. The summed E-state index contributed by atoms with van der Waals surface area (Å²) in [4.78, 5) is 4.57. The number of hydrogen-bond donors (Lipinski definition) is 3. The molecule has 158 valence electrons. The predicted octanol–water partition coefficient (Wildman–Crippen LogP) is 2.72. The number of aliphatic hydroxyl groups is 1. The van der Waals surface area contributed by atoms with Gasteiger partial charge in [-0.05, 0) is 38.0 Å². The number of fused-ring (bicyclic) bond motifs is 1. The first-order valence-corrected chi connectivity index (χ1v) is 9.95. The van der Waals surface area contributed by atoms with Gasteiger partial charge in [0.15, 0.2) is 5.96 Å². The summed E-state index contributed by atoms with van der Waals surface area (Å²) < 4.78 is 11.5. The Balaban J connectivity index is 0.00000280. The molecule has 7 heteroatoms. The van der Waals surface area contributed by atoms with Crippen molar-refractivity contribution in [2.75, 3.05) is 26.3 Å². The van der Waals surface area contributed by atoms with Crippen molar-refractivity contribution in [2.24, 2.45) is 16.3 Å². The van der Waals surface area contributed by atoms with E-state index < -0.39 is 6.10 Å². The van der Waals surface area contributed by atoms with Crippen molar-refractivity contribution in [1.29, 1.82) is 0 Å². The minimum Gasteiger partial charge on any atom is -0.491 e. The van der Waals surface area contributed by atoms with Gasteiger partial charge in [-0.3, -0.25) is 4.99 Å². The first-order chi connectivity index (χ1) is 12.9. The third kappa shape index (κ3) is 5.30. The van der Waals surface area contributed by atoms with Crippen LogP contribution in [0.25, 0.3) is 0 Å². The molecule has 1 aromatic carbocycles. The molecule has 1 aromatic rings. The smallest absolute Gasteiger partial charge is 0.191 e. The summed E-state index contributed by atoms with van der Waals surface area (Å²) in [6.45, 7) is 10.7. The molecule has 1 aliphatic carbocycles. The van der Waals surface area contributed by atoms with Crippen LogP contribution in [0.15, 0.2) is 29.3 Å². The summed E-state index contributed by atoms with van der Waals surface area (Å²) in [7, 11) is 0. The molecule has 0 bridgehead atoms. The molecular weight excluding hydrogens is 469 g/mol. The number of hydrogen-bond acceptors (Lipinski definition) is 4. The van der Waals surface area contributed by atoms with Gasteiger partial charge in [0.2, 0.25) is 0 Å². The van der Waals surface area contributed by atoms with Gasteiger partial charge in [-0.1, -0.05) is 26.0 Å². The van der Waals surface area contributed by atoms with Crippen molar-refractivity contribution in [3.63, 3.8) is 0 Å². The molecule has 0 radical (unpaired) electrons. The van der Waals surface area contributed by atoms with Gasteiger partial charge in [0.05, 0.1) is 12.6 Å². The fourth-order valence-corrected chi connectivity index (χ4v) is 4.23. The number of nitrogens with zero attached hydrogens (tertiary/aromatic N) is 1. The maximum absolute atomic E-state index is 10.2. The zero-order chi connectivity index (χ0) is 19.4. The third-order valence-corrected chi connectivity index (χ3v) is 5.63. The molecule has 4 unspecified atom stereocenters. The minimum absolute atomic E-state index is 0. The van der Waals surface area contributed by atoms with Crippen molar-refractivity contribution < 1.29 is 14.6 Å². The quantitative estimate of drug-likeness (QED) is 0.303. The highest BCUT2D eigenvalue weighted by Crippen LogP contribution is 2.52. The molecular formula is C21H34IN3O3. The Hall–Kier alpha value is -1.06. The molecule has 3 rings (SSSR count). The molecule has 1 aliphatic heterocycles. The van der Waals surface area contributed by atoms with Gasteiger partial charge in [0.1, 0.15) is 18.5 Å². The molecule has 0 spiro atoms. The summed E-state index contributed by atoms with van der Waals surface area (Å²) in [6, 6.07) is 8.16. The van der Waals surface area contributed by atoms with E-state index in [4.69, 9.17) is 9.47 Å². The van der Waals surface area contributed by atoms with Gasteiger partial charge in [0, 0.05) is 30.5 Å². The number of aliphatic imine (C=N–C) groups is 1. The van der Waals surface area contributed by atoms with E-state index in [-0.39, 0.29) is 36.0 Å². The van der Waals surface area contributed by atoms with E-state index in [1.54, 1.807) is 0 Å². The first kappa shape index (κ1) is 23.2. The average molecular weight is 503 g/mol. The zero-order valence-electron chi connectivity index (χ0n) is 17.3. The zero-order valence-corrected chi connectivity index (χ0v) is 19.6. The van der Waals surface area contributed by atoms with Gasteiger partial charge < -0.3 is 25.2 Å². The SMILES string of the molecule is CCNC(=NCC(O)COc1cccc(C)c1)NC1C2CCOC2C1(C)C.I. The molecule has 6 nitrogen and oxygen atoms in total. The first-order valence-electron chi connectivity index (χ1n) is 9.95. The van der Waals surface area contributed by atoms with Crippen molar-refractivity contribution in [3.8, 4) is 5.75 Å². The minimum atomic E-state index is -0.655. The fourth-order valence-electron chi connectivity index (χ4n) is 4.23. The lowest BCUT2D eigenvalue weighted by molar-refractivity contribution is -0.106. The summed E-state index contributed by atoms with van der Waals surface area (Å²) in [5.74, 6) is 2.06. The Bertz CT molecular complexity index is 668. The molecule has 1 saturated carbocycles. The Kier molecular flexibility index (Phi) is 8.39. The number of nitrogens with one attached hydrogen (secondary N) is 2. The topological polar surface area (TPSA) is 75.1 Å². The molecule has 2 fully saturated rings. The number of guanidine groups is 1. The van der Waals surface area contributed by atoms with E-state index >= 15 is 0 Å². The van der Waals surface area contributed by atoms with Crippen LogP contribution in [-0.4, -0.2) is 55.6 Å². The molecule has 1 heterocycles. The summed E-state index contributed by atoms with van der Waals surface area (Å²) in [5, 5.41) is 17.1. The van der Waals surface area contributed by atoms with Gasteiger partial charge >= 0.3 is 0 Å². The maximum Gasteiger partial charge on any atom is 0.191 e. The van der Waals surface area contributed by atoms with Crippen molar-refractivity contribution in [1.82, 2.24) is 10.6 Å². The molecule has 0 amide bonds. The van der Waals surface area contributed by atoms with Crippen LogP contribution in [0.1, 0.15) is 32.8 Å². The second-order valence-electron chi connectivity index (χ2n) is 8.19. The third-order valence-electron chi connectivity index (χ3n) is 5.63. The predicted molar refractivity (Wildman–Crippen MR) is 123 cm³/mol. The van der Waals surface area contributed by atoms with E-state index in [1.165, 1.54) is 0 Å². The van der Waals surface area contributed by atoms with E-state index in [9.17, 15) is 5.11 Å².